The molecule has 2 aromatic rings. The van der Waals surface area contributed by atoms with E-state index in [4.69, 9.17) is 28.3 Å². The Labute approximate surface area is 124 Å². The van der Waals surface area contributed by atoms with Crippen molar-refractivity contribution in [2.24, 2.45) is 7.05 Å². The smallest absolute Gasteiger partial charge is 0.335 e. The lowest BCUT2D eigenvalue weighted by Gasteiger charge is -2.08. The molecule has 1 amide bonds. The fourth-order valence-electron chi connectivity index (χ4n) is 1.69. The van der Waals surface area contributed by atoms with Crippen molar-refractivity contribution < 1.29 is 14.7 Å². The monoisotopic (exact) mass is 312 g/mol. The maximum Gasteiger partial charge on any atom is 0.335 e. The lowest BCUT2D eigenvalue weighted by atomic mass is 10.2. The summed E-state index contributed by atoms with van der Waals surface area (Å²) < 4.78 is 1.58. The molecule has 7 heteroatoms. The molecule has 0 aliphatic rings. The van der Waals surface area contributed by atoms with E-state index in [0.29, 0.717) is 16.4 Å². The van der Waals surface area contributed by atoms with Crippen molar-refractivity contribution in [1.82, 2.24) is 4.57 Å². The third kappa shape index (κ3) is 2.95. The van der Waals surface area contributed by atoms with Gasteiger partial charge in [0.2, 0.25) is 0 Å². The van der Waals surface area contributed by atoms with Crippen molar-refractivity contribution in [3.8, 4) is 0 Å². The van der Waals surface area contributed by atoms with E-state index in [1.165, 1.54) is 24.3 Å². The second kappa shape index (κ2) is 5.56. The second-order valence-electron chi connectivity index (χ2n) is 4.11. The maximum absolute atomic E-state index is 12.1. The van der Waals surface area contributed by atoms with E-state index in [1.54, 1.807) is 17.8 Å². The molecule has 0 fully saturated rings. The summed E-state index contributed by atoms with van der Waals surface area (Å²) in [7, 11) is 1.69. The van der Waals surface area contributed by atoms with Crippen molar-refractivity contribution in [1.29, 1.82) is 0 Å². The number of carbonyl (C=O) groups excluding carboxylic acids is 1. The summed E-state index contributed by atoms with van der Waals surface area (Å²) in [5, 5.41) is 12.0. The van der Waals surface area contributed by atoms with Crippen LogP contribution in [0.15, 0.2) is 30.5 Å². The van der Waals surface area contributed by atoms with Gasteiger partial charge in [0.15, 0.2) is 0 Å². The first-order valence-corrected chi connectivity index (χ1v) is 6.30. The molecule has 0 atom stereocenters. The van der Waals surface area contributed by atoms with Gasteiger partial charge in [-0.05, 0) is 24.3 Å². The van der Waals surface area contributed by atoms with Gasteiger partial charge in [0.1, 0.15) is 5.69 Å². The van der Waals surface area contributed by atoms with Gasteiger partial charge in [-0.1, -0.05) is 23.2 Å². The molecule has 0 saturated carbocycles. The van der Waals surface area contributed by atoms with Gasteiger partial charge in [0, 0.05) is 13.2 Å². The van der Waals surface area contributed by atoms with Crippen LogP contribution in [0.4, 0.5) is 5.69 Å². The molecule has 1 aromatic carbocycles. The van der Waals surface area contributed by atoms with E-state index in [2.05, 4.69) is 5.32 Å². The molecule has 2 N–H and O–H groups in total. The molecule has 2 rings (SSSR count). The molecule has 0 bridgehead atoms. The lowest BCUT2D eigenvalue weighted by Crippen LogP contribution is -2.15. The van der Waals surface area contributed by atoms with Gasteiger partial charge < -0.3 is 15.0 Å². The van der Waals surface area contributed by atoms with Crippen LogP contribution < -0.4 is 5.32 Å². The minimum absolute atomic E-state index is 0.0508. The van der Waals surface area contributed by atoms with Crippen LogP contribution in [0.25, 0.3) is 0 Å². The van der Waals surface area contributed by atoms with Crippen LogP contribution in [0.1, 0.15) is 20.8 Å². The van der Waals surface area contributed by atoms with E-state index in [-0.39, 0.29) is 16.5 Å². The van der Waals surface area contributed by atoms with Crippen LogP contribution in [0.5, 0.6) is 0 Å². The second-order valence-corrected chi connectivity index (χ2v) is 4.95. The van der Waals surface area contributed by atoms with Gasteiger partial charge in [-0.25, -0.2) is 4.79 Å². The normalized spacial score (nSPS) is 10.3. The highest BCUT2D eigenvalue weighted by atomic mass is 35.5. The molecule has 1 heterocycles. The zero-order valence-electron chi connectivity index (χ0n) is 10.4. The average molecular weight is 313 g/mol. The van der Waals surface area contributed by atoms with E-state index in [1.807, 2.05) is 0 Å². The zero-order chi connectivity index (χ0) is 14.9. The first-order chi connectivity index (χ1) is 9.38. The Kier molecular flexibility index (Phi) is 4.01. The molecule has 5 nitrogen and oxygen atoms in total. The number of amides is 1. The van der Waals surface area contributed by atoms with Gasteiger partial charge in [-0.3, -0.25) is 4.79 Å². The largest absolute Gasteiger partial charge is 0.478 e. The quantitative estimate of drug-likeness (QED) is 0.913. The molecule has 0 unspecified atom stereocenters. The van der Waals surface area contributed by atoms with Crippen molar-refractivity contribution in [3.63, 3.8) is 0 Å². The van der Waals surface area contributed by atoms with Gasteiger partial charge in [0.25, 0.3) is 5.91 Å². The first-order valence-electron chi connectivity index (χ1n) is 5.54. The number of hydrogen-bond donors (Lipinski definition) is 2. The highest BCUT2D eigenvalue weighted by Crippen LogP contribution is 2.24. The fourth-order valence-corrected chi connectivity index (χ4v) is 2.16. The summed E-state index contributed by atoms with van der Waals surface area (Å²) >= 11 is 11.7. The van der Waals surface area contributed by atoms with Crippen LogP contribution >= 0.6 is 23.2 Å². The topological polar surface area (TPSA) is 71.3 Å². The zero-order valence-corrected chi connectivity index (χ0v) is 11.9. The summed E-state index contributed by atoms with van der Waals surface area (Å²) in [4.78, 5) is 22.8. The molecule has 104 valence electrons. The fraction of sp³-hybridized carbons (Fsp3) is 0.0769. The van der Waals surface area contributed by atoms with Crippen molar-refractivity contribution in [2.45, 2.75) is 0 Å². The molecular weight excluding hydrogens is 303 g/mol. The van der Waals surface area contributed by atoms with E-state index in [9.17, 15) is 9.59 Å². The number of nitrogens with one attached hydrogen (secondary N) is 1. The van der Waals surface area contributed by atoms with E-state index in [0.717, 1.165) is 0 Å². The molecule has 0 radical (unpaired) electrons. The number of carboxylic acid groups (broad SMARTS) is 1. The number of anilines is 1. The van der Waals surface area contributed by atoms with E-state index >= 15 is 0 Å². The minimum Gasteiger partial charge on any atom is -0.478 e. The first kappa shape index (κ1) is 14.4. The SMILES string of the molecule is Cn1cc(Cl)cc1C(=O)Nc1ccc(C(=O)O)cc1Cl. The number of aromatic nitrogens is 1. The number of benzene rings is 1. The molecule has 1 aromatic heterocycles. The van der Waals surface area contributed by atoms with Crippen LogP contribution in [0.2, 0.25) is 10.0 Å². The summed E-state index contributed by atoms with van der Waals surface area (Å²) in [5.41, 5.74) is 0.752. The highest BCUT2D eigenvalue weighted by molar-refractivity contribution is 6.34. The standard InChI is InChI=1S/C13H10Cl2N2O3/c1-17-6-8(14)5-11(17)12(18)16-10-3-2-7(13(19)20)4-9(10)15/h2-6H,1H3,(H,16,18)(H,19,20). The van der Waals surface area contributed by atoms with Crippen LogP contribution in [-0.2, 0) is 7.05 Å². The predicted molar refractivity (Wildman–Crippen MR) is 76.8 cm³/mol. The lowest BCUT2D eigenvalue weighted by molar-refractivity contribution is 0.0696. The third-order valence-electron chi connectivity index (χ3n) is 2.67. The number of aromatic carboxylic acids is 1. The molecule has 20 heavy (non-hydrogen) atoms. The Morgan fingerprint density at radius 1 is 1.25 bits per heavy atom. The molecular formula is C13H10Cl2N2O3. The van der Waals surface area contributed by atoms with Gasteiger partial charge in [-0.15, -0.1) is 0 Å². The van der Waals surface area contributed by atoms with Crippen LogP contribution in [0.3, 0.4) is 0 Å². The Bertz CT molecular complexity index is 695. The predicted octanol–water partition coefficient (Wildman–Crippen LogP) is 3.28. The Hall–Kier alpha value is -1.98. The Morgan fingerprint density at radius 2 is 1.95 bits per heavy atom. The van der Waals surface area contributed by atoms with E-state index < -0.39 is 5.97 Å². The number of hydrogen-bond acceptors (Lipinski definition) is 2. The maximum atomic E-state index is 12.1. The average Bonchev–Trinajstić information content (AvgIpc) is 2.70. The number of rotatable bonds is 3. The minimum atomic E-state index is -1.08. The number of carbonyl (C=O) groups is 2. The summed E-state index contributed by atoms with van der Waals surface area (Å²) in [6.07, 6.45) is 1.60. The third-order valence-corrected chi connectivity index (χ3v) is 3.19. The van der Waals surface area contributed by atoms with Crippen molar-refractivity contribution in [3.05, 3.63) is 51.8 Å². The Morgan fingerprint density at radius 3 is 2.45 bits per heavy atom. The Balaban J connectivity index is 2.24. The summed E-state index contributed by atoms with van der Waals surface area (Å²) in [6.45, 7) is 0. The van der Waals surface area contributed by atoms with Crippen LogP contribution in [-0.4, -0.2) is 21.6 Å². The highest BCUT2D eigenvalue weighted by Gasteiger charge is 2.14. The number of aryl methyl sites for hydroxylation is 1. The molecule has 0 aliphatic heterocycles. The number of nitrogens with zero attached hydrogens (tertiary/aromatic N) is 1. The van der Waals surface area contributed by atoms with Gasteiger partial charge >= 0.3 is 5.97 Å². The summed E-state index contributed by atoms with van der Waals surface area (Å²) in [6, 6.07) is 5.60. The molecule has 0 spiro atoms. The van der Waals surface area contributed by atoms with Crippen LogP contribution in [0, 0.1) is 0 Å². The number of halogens is 2. The van der Waals surface area contributed by atoms with Gasteiger partial charge in [-0.2, -0.15) is 0 Å². The van der Waals surface area contributed by atoms with Gasteiger partial charge in [0.05, 0.1) is 21.3 Å². The molecule has 0 saturated heterocycles. The van der Waals surface area contributed by atoms with Crippen molar-refractivity contribution in [2.75, 3.05) is 5.32 Å². The summed E-state index contributed by atoms with van der Waals surface area (Å²) in [5.74, 6) is -1.47. The molecule has 0 aliphatic carbocycles. The van der Waals surface area contributed by atoms with Crippen molar-refractivity contribution >= 4 is 40.8 Å². The number of carboxylic acids is 1.